The Hall–Kier alpha value is -1.26. The smallest absolute Gasteiger partial charge is 0.124 e. The number of halogens is 2. The molecule has 0 radical (unpaired) electrons. The van der Waals surface area contributed by atoms with Crippen molar-refractivity contribution in [1.82, 2.24) is 4.98 Å². The van der Waals surface area contributed by atoms with E-state index in [1.54, 1.807) is 17.4 Å². The second-order valence-electron chi connectivity index (χ2n) is 4.78. The highest BCUT2D eigenvalue weighted by molar-refractivity contribution is 9.09. The summed E-state index contributed by atoms with van der Waals surface area (Å²) in [6.07, 6.45) is 1.81. The molecule has 4 heteroatoms. The molecule has 0 bridgehead atoms. The SMILES string of the molecule is CC(c1ccccn1)C(Br)c1cc2ccc(F)cc2s1. The van der Waals surface area contributed by atoms with Crippen molar-refractivity contribution in [3.63, 3.8) is 0 Å². The molecular formula is C16H13BrFNS. The van der Waals surface area contributed by atoms with Gasteiger partial charge in [-0.05, 0) is 35.7 Å². The maximum Gasteiger partial charge on any atom is 0.124 e. The highest BCUT2D eigenvalue weighted by atomic mass is 79.9. The third-order valence-corrected chi connectivity index (χ3v) is 6.14. The molecule has 0 spiro atoms. The molecule has 0 N–H and O–H groups in total. The van der Waals surface area contributed by atoms with Gasteiger partial charge in [0.15, 0.2) is 0 Å². The average molecular weight is 350 g/mol. The number of benzene rings is 1. The van der Waals surface area contributed by atoms with Gasteiger partial charge < -0.3 is 0 Å². The van der Waals surface area contributed by atoms with Gasteiger partial charge in [0.05, 0.1) is 4.83 Å². The number of hydrogen-bond acceptors (Lipinski definition) is 2. The van der Waals surface area contributed by atoms with Crippen LogP contribution < -0.4 is 0 Å². The molecule has 3 rings (SSSR count). The van der Waals surface area contributed by atoms with Crippen LogP contribution in [0.1, 0.15) is 28.2 Å². The summed E-state index contributed by atoms with van der Waals surface area (Å²) >= 11 is 5.39. The van der Waals surface area contributed by atoms with Crippen LogP contribution in [0.5, 0.6) is 0 Å². The number of alkyl halides is 1. The standard InChI is InChI=1S/C16H13BrFNS/c1-10(13-4-2-3-7-19-13)16(17)15-8-11-5-6-12(18)9-14(11)20-15/h2-10,16H,1H3. The van der Waals surface area contributed by atoms with Crippen LogP contribution in [-0.4, -0.2) is 4.98 Å². The van der Waals surface area contributed by atoms with E-state index in [0.29, 0.717) is 0 Å². The first-order valence-electron chi connectivity index (χ1n) is 6.39. The number of rotatable bonds is 3. The Morgan fingerprint density at radius 1 is 1.20 bits per heavy atom. The summed E-state index contributed by atoms with van der Waals surface area (Å²) in [6, 6.07) is 13.0. The van der Waals surface area contributed by atoms with E-state index >= 15 is 0 Å². The van der Waals surface area contributed by atoms with Gasteiger partial charge >= 0.3 is 0 Å². The van der Waals surface area contributed by atoms with Crippen molar-refractivity contribution in [1.29, 1.82) is 0 Å². The van der Waals surface area contributed by atoms with Crippen LogP contribution in [-0.2, 0) is 0 Å². The van der Waals surface area contributed by atoms with Gasteiger partial charge in [0.2, 0.25) is 0 Å². The zero-order valence-electron chi connectivity index (χ0n) is 10.9. The Morgan fingerprint density at radius 2 is 2.05 bits per heavy atom. The van der Waals surface area contributed by atoms with E-state index in [1.807, 2.05) is 30.5 Å². The molecule has 0 aliphatic carbocycles. The van der Waals surface area contributed by atoms with Crippen molar-refractivity contribution >= 4 is 37.4 Å². The summed E-state index contributed by atoms with van der Waals surface area (Å²) in [5.74, 6) is 0.0731. The van der Waals surface area contributed by atoms with Gasteiger partial charge in [0.1, 0.15) is 5.82 Å². The predicted molar refractivity (Wildman–Crippen MR) is 86.1 cm³/mol. The number of aromatic nitrogens is 1. The average Bonchev–Trinajstić information content (AvgIpc) is 2.89. The molecular weight excluding hydrogens is 337 g/mol. The third-order valence-electron chi connectivity index (χ3n) is 3.37. The first-order chi connectivity index (χ1) is 9.65. The predicted octanol–water partition coefficient (Wildman–Crippen LogP) is 5.68. The van der Waals surface area contributed by atoms with Gasteiger partial charge in [-0.15, -0.1) is 11.3 Å². The maximum absolute atomic E-state index is 13.3. The van der Waals surface area contributed by atoms with Gasteiger partial charge in [-0.2, -0.15) is 0 Å². The van der Waals surface area contributed by atoms with Crippen molar-refractivity contribution in [3.8, 4) is 0 Å². The van der Waals surface area contributed by atoms with Gasteiger partial charge in [0, 0.05) is 27.4 Å². The molecule has 3 aromatic rings. The normalized spacial score (nSPS) is 14.3. The summed E-state index contributed by atoms with van der Waals surface area (Å²) in [7, 11) is 0. The summed E-state index contributed by atoms with van der Waals surface area (Å²) < 4.78 is 14.2. The molecule has 2 unspecified atom stereocenters. The Bertz CT molecular complexity index is 726. The van der Waals surface area contributed by atoms with E-state index in [0.717, 1.165) is 15.8 Å². The molecule has 2 heterocycles. The topological polar surface area (TPSA) is 12.9 Å². The van der Waals surface area contributed by atoms with E-state index in [2.05, 4.69) is 33.9 Å². The van der Waals surface area contributed by atoms with E-state index in [4.69, 9.17) is 0 Å². The Balaban J connectivity index is 1.94. The minimum atomic E-state index is -0.185. The maximum atomic E-state index is 13.3. The summed E-state index contributed by atoms with van der Waals surface area (Å²) in [4.78, 5) is 5.78. The van der Waals surface area contributed by atoms with E-state index in [9.17, 15) is 4.39 Å². The van der Waals surface area contributed by atoms with Crippen molar-refractivity contribution in [3.05, 3.63) is 65.0 Å². The number of thiophene rings is 1. The Labute approximate surface area is 129 Å². The first-order valence-corrected chi connectivity index (χ1v) is 8.12. The molecule has 2 atom stereocenters. The molecule has 0 fully saturated rings. The van der Waals surface area contributed by atoms with Crippen LogP contribution in [0.15, 0.2) is 48.7 Å². The van der Waals surface area contributed by atoms with E-state index in [1.165, 1.54) is 10.9 Å². The van der Waals surface area contributed by atoms with Gasteiger partial charge in [-0.25, -0.2) is 4.39 Å². The molecule has 0 saturated carbocycles. The lowest BCUT2D eigenvalue weighted by Gasteiger charge is -2.16. The molecule has 0 aliphatic heterocycles. The zero-order valence-corrected chi connectivity index (χ0v) is 13.3. The van der Waals surface area contributed by atoms with Crippen LogP contribution in [0.4, 0.5) is 4.39 Å². The van der Waals surface area contributed by atoms with Gasteiger partial charge in [0.25, 0.3) is 0 Å². The lowest BCUT2D eigenvalue weighted by Crippen LogP contribution is -2.02. The monoisotopic (exact) mass is 349 g/mol. The minimum absolute atomic E-state index is 0.179. The van der Waals surface area contributed by atoms with Crippen LogP contribution in [0.3, 0.4) is 0 Å². The minimum Gasteiger partial charge on any atom is -0.261 e. The lowest BCUT2D eigenvalue weighted by molar-refractivity contribution is 0.630. The van der Waals surface area contributed by atoms with Crippen LogP contribution in [0.2, 0.25) is 0 Å². The quantitative estimate of drug-likeness (QED) is 0.554. The van der Waals surface area contributed by atoms with E-state index in [-0.39, 0.29) is 16.6 Å². The second-order valence-corrected chi connectivity index (χ2v) is 6.88. The second kappa shape index (κ2) is 5.62. The molecule has 102 valence electrons. The molecule has 0 saturated heterocycles. The third kappa shape index (κ3) is 2.63. The summed E-state index contributed by atoms with van der Waals surface area (Å²) in [6.45, 7) is 2.15. The highest BCUT2D eigenvalue weighted by Gasteiger charge is 2.21. The number of fused-ring (bicyclic) bond motifs is 1. The highest BCUT2D eigenvalue weighted by Crippen LogP contribution is 2.42. The summed E-state index contributed by atoms with van der Waals surface area (Å²) in [5.41, 5.74) is 1.05. The zero-order chi connectivity index (χ0) is 14.1. The van der Waals surface area contributed by atoms with Crippen LogP contribution in [0, 0.1) is 5.82 Å². The molecule has 1 aromatic carbocycles. The first kappa shape index (κ1) is 13.7. The van der Waals surface area contributed by atoms with E-state index < -0.39 is 0 Å². The van der Waals surface area contributed by atoms with Crippen LogP contribution >= 0.6 is 27.3 Å². The fourth-order valence-electron chi connectivity index (χ4n) is 2.20. The fraction of sp³-hybridized carbons (Fsp3) is 0.188. The van der Waals surface area contributed by atoms with Gasteiger partial charge in [-0.1, -0.05) is 35.0 Å². The van der Waals surface area contributed by atoms with Crippen molar-refractivity contribution in [2.45, 2.75) is 17.7 Å². The van der Waals surface area contributed by atoms with Crippen molar-refractivity contribution < 1.29 is 4.39 Å². The molecule has 20 heavy (non-hydrogen) atoms. The molecule has 1 nitrogen and oxygen atoms in total. The van der Waals surface area contributed by atoms with Crippen molar-refractivity contribution in [2.75, 3.05) is 0 Å². The lowest BCUT2D eigenvalue weighted by atomic mass is 10.0. The van der Waals surface area contributed by atoms with Gasteiger partial charge in [-0.3, -0.25) is 4.98 Å². The number of hydrogen-bond donors (Lipinski definition) is 0. The molecule has 0 amide bonds. The number of pyridine rings is 1. The largest absolute Gasteiger partial charge is 0.261 e. The number of nitrogens with zero attached hydrogens (tertiary/aromatic N) is 1. The molecule has 2 aromatic heterocycles. The molecule has 0 aliphatic rings. The Morgan fingerprint density at radius 3 is 2.80 bits per heavy atom. The van der Waals surface area contributed by atoms with Crippen LogP contribution in [0.25, 0.3) is 10.1 Å². The Kier molecular flexibility index (Phi) is 3.85. The summed E-state index contributed by atoms with van der Waals surface area (Å²) in [5, 5.41) is 1.09. The van der Waals surface area contributed by atoms with Crippen molar-refractivity contribution in [2.24, 2.45) is 0 Å². The fourth-order valence-corrected chi connectivity index (χ4v) is 4.06.